The Hall–Kier alpha value is -2.24. The first-order valence-electron chi connectivity index (χ1n) is 9.83. The van der Waals surface area contributed by atoms with Gasteiger partial charge in [-0.25, -0.2) is 0 Å². The molecule has 0 radical (unpaired) electrons. The Bertz CT molecular complexity index is 950. The van der Waals surface area contributed by atoms with Gasteiger partial charge >= 0.3 is 0 Å². The number of para-hydroxylation sites is 1. The van der Waals surface area contributed by atoms with Crippen molar-refractivity contribution in [3.05, 3.63) is 93.5 Å². The molecule has 0 unspecified atom stereocenters. The fourth-order valence-electron chi connectivity index (χ4n) is 3.06. The summed E-state index contributed by atoms with van der Waals surface area (Å²) in [5.74, 6) is 1.33. The lowest BCUT2D eigenvalue weighted by atomic mass is 10.1. The van der Waals surface area contributed by atoms with Crippen LogP contribution < -0.4 is 14.8 Å². The summed E-state index contributed by atoms with van der Waals surface area (Å²) in [5.41, 5.74) is 2.65. The molecule has 3 aromatic rings. The van der Waals surface area contributed by atoms with E-state index in [2.05, 4.69) is 5.32 Å². The normalized spacial score (nSPS) is 11.9. The molecule has 4 nitrogen and oxygen atoms in total. The topological polar surface area (TPSA) is 50.7 Å². The van der Waals surface area contributed by atoms with Crippen molar-refractivity contribution in [2.45, 2.75) is 26.2 Å². The van der Waals surface area contributed by atoms with E-state index in [0.717, 1.165) is 16.7 Å². The molecule has 3 rings (SSSR count). The van der Waals surface area contributed by atoms with Gasteiger partial charge in [0.05, 0.1) is 12.7 Å². The zero-order chi connectivity index (χ0) is 21.3. The largest absolute Gasteiger partial charge is 0.490 e. The summed E-state index contributed by atoms with van der Waals surface area (Å²) in [6, 6.07) is 20.7. The van der Waals surface area contributed by atoms with Crippen molar-refractivity contribution in [2.75, 3.05) is 13.2 Å². The third-order valence-corrected chi connectivity index (χ3v) is 5.17. The van der Waals surface area contributed by atoms with Crippen molar-refractivity contribution < 1.29 is 14.6 Å². The van der Waals surface area contributed by atoms with Crippen LogP contribution in [0.2, 0.25) is 10.0 Å². The standard InChI is InChI=1S/C24H25Cl2NO3/c1-2-29-23-10-6-9-18(14-27-15-22(28)17-7-4-3-5-8-17)24(23)30-16-19-11-12-20(25)13-21(19)26/h3-13,22,27-28H,2,14-16H2,1H3/t22-/m1/s1. The number of hydrogen-bond donors (Lipinski definition) is 2. The highest BCUT2D eigenvalue weighted by Gasteiger charge is 2.13. The van der Waals surface area contributed by atoms with Gasteiger partial charge in [0.15, 0.2) is 11.5 Å². The van der Waals surface area contributed by atoms with E-state index in [-0.39, 0.29) is 0 Å². The summed E-state index contributed by atoms with van der Waals surface area (Å²) in [4.78, 5) is 0. The van der Waals surface area contributed by atoms with Crippen molar-refractivity contribution in [3.63, 3.8) is 0 Å². The molecule has 0 aliphatic carbocycles. The summed E-state index contributed by atoms with van der Waals surface area (Å²) >= 11 is 12.3. The lowest BCUT2D eigenvalue weighted by Crippen LogP contribution is -2.21. The van der Waals surface area contributed by atoms with Crippen molar-refractivity contribution in [1.82, 2.24) is 5.32 Å². The number of benzene rings is 3. The smallest absolute Gasteiger partial charge is 0.166 e. The van der Waals surface area contributed by atoms with Crippen LogP contribution in [0, 0.1) is 0 Å². The van der Waals surface area contributed by atoms with Crippen LogP contribution in [0.4, 0.5) is 0 Å². The third kappa shape index (κ3) is 6.13. The van der Waals surface area contributed by atoms with Gasteiger partial charge in [-0.3, -0.25) is 0 Å². The molecule has 0 bridgehead atoms. The molecule has 0 amide bonds. The summed E-state index contributed by atoms with van der Waals surface area (Å²) in [7, 11) is 0. The Morgan fingerprint density at radius 1 is 0.933 bits per heavy atom. The molecule has 0 aromatic heterocycles. The van der Waals surface area contributed by atoms with Crippen molar-refractivity contribution in [1.29, 1.82) is 0 Å². The first-order valence-corrected chi connectivity index (χ1v) is 10.6. The summed E-state index contributed by atoms with van der Waals surface area (Å²) in [6.07, 6.45) is -0.585. The van der Waals surface area contributed by atoms with Crippen LogP contribution in [0.1, 0.15) is 29.7 Å². The second kappa shape index (κ2) is 11.2. The van der Waals surface area contributed by atoms with E-state index < -0.39 is 6.10 Å². The minimum Gasteiger partial charge on any atom is -0.490 e. The molecule has 158 valence electrons. The maximum atomic E-state index is 10.4. The minimum atomic E-state index is -0.585. The van der Waals surface area contributed by atoms with E-state index in [1.54, 1.807) is 12.1 Å². The van der Waals surface area contributed by atoms with Crippen molar-refractivity contribution in [2.24, 2.45) is 0 Å². The molecular formula is C24H25Cl2NO3. The number of nitrogens with one attached hydrogen (secondary N) is 1. The molecule has 0 spiro atoms. The molecule has 2 N–H and O–H groups in total. The first kappa shape index (κ1) is 22.4. The maximum Gasteiger partial charge on any atom is 0.166 e. The highest BCUT2D eigenvalue weighted by molar-refractivity contribution is 6.35. The Balaban J connectivity index is 1.69. The lowest BCUT2D eigenvalue weighted by Gasteiger charge is -2.18. The summed E-state index contributed by atoms with van der Waals surface area (Å²) in [5, 5.41) is 14.8. The lowest BCUT2D eigenvalue weighted by molar-refractivity contribution is 0.174. The SMILES string of the molecule is CCOc1cccc(CNC[C@@H](O)c2ccccc2)c1OCc1ccc(Cl)cc1Cl. The predicted octanol–water partition coefficient (Wildman–Crippen LogP) is 5.79. The highest BCUT2D eigenvalue weighted by atomic mass is 35.5. The van der Waals surface area contributed by atoms with Gasteiger partial charge in [-0.2, -0.15) is 0 Å². The second-order valence-electron chi connectivity index (χ2n) is 6.76. The van der Waals surface area contributed by atoms with Crippen LogP contribution >= 0.6 is 23.2 Å². The fraction of sp³-hybridized carbons (Fsp3) is 0.250. The van der Waals surface area contributed by atoms with Gasteiger partial charge in [0, 0.05) is 34.3 Å². The predicted molar refractivity (Wildman–Crippen MR) is 122 cm³/mol. The average molecular weight is 446 g/mol. The van der Waals surface area contributed by atoms with Gasteiger partial charge in [-0.15, -0.1) is 0 Å². The van der Waals surface area contributed by atoms with Crippen LogP contribution in [0.3, 0.4) is 0 Å². The van der Waals surface area contributed by atoms with E-state index in [0.29, 0.717) is 47.8 Å². The fourth-order valence-corrected chi connectivity index (χ4v) is 3.52. The van der Waals surface area contributed by atoms with Crippen LogP contribution in [-0.4, -0.2) is 18.3 Å². The van der Waals surface area contributed by atoms with Gasteiger partial charge in [0.2, 0.25) is 0 Å². The first-order chi connectivity index (χ1) is 14.6. The second-order valence-corrected chi connectivity index (χ2v) is 7.60. The van der Waals surface area contributed by atoms with E-state index in [4.69, 9.17) is 32.7 Å². The van der Waals surface area contributed by atoms with Crippen LogP contribution in [0.5, 0.6) is 11.5 Å². The van der Waals surface area contributed by atoms with E-state index in [9.17, 15) is 5.11 Å². The van der Waals surface area contributed by atoms with E-state index >= 15 is 0 Å². The monoisotopic (exact) mass is 445 g/mol. The Morgan fingerprint density at radius 2 is 1.73 bits per heavy atom. The maximum absolute atomic E-state index is 10.4. The minimum absolute atomic E-state index is 0.291. The zero-order valence-electron chi connectivity index (χ0n) is 16.8. The quantitative estimate of drug-likeness (QED) is 0.414. The molecule has 0 aliphatic heterocycles. The number of hydrogen-bond acceptors (Lipinski definition) is 4. The molecule has 3 aromatic carbocycles. The number of ether oxygens (including phenoxy) is 2. The summed E-state index contributed by atoms with van der Waals surface area (Å²) < 4.78 is 11.9. The Kier molecular flexibility index (Phi) is 8.40. The molecule has 0 aliphatic rings. The van der Waals surface area contributed by atoms with Crippen LogP contribution in [0.25, 0.3) is 0 Å². The van der Waals surface area contributed by atoms with Gasteiger partial charge in [0.1, 0.15) is 6.61 Å². The third-order valence-electron chi connectivity index (χ3n) is 4.58. The van der Waals surface area contributed by atoms with Gasteiger partial charge in [-0.1, -0.05) is 71.7 Å². The molecule has 0 saturated heterocycles. The van der Waals surface area contributed by atoms with Gasteiger partial charge in [-0.05, 0) is 30.7 Å². The number of aliphatic hydroxyl groups excluding tert-OH is 1. The number of rotatable bonds is 10. The van der Waals surface area contributed by atoms with E-state index in [1.807, 2.05) is 61.5 Å². The van der Waals surface area contributed by atoms with Crippen LogP contribution in [0.15, 0.2) is 66.7 Å². The van der Waals surface area contributed by atoms with Crippen molar-refractivity contribution >= 4 is 23.2 Å². The molecule has 0 heterocycles. The Labute approximate surface area is 187 Å². The van der Waals surface area contributed by atoms with Gasteiger partial charge < -0.3 is 19.9 Å². The van der Waals surface area contributed by atoms with Gasteiger partial charge in [0.25, 0.3) is 0 Å². The van der Waals surface area contributed by atoms with Crippen molar-refractivity contribution in [3.8, 4) is 11.5 Å². The van der Waals surface area contributed by atoms with Crippen LogP contribution in [-0.2, 0) is 13.2 Å². The molecule has 0 fully saturated rings. The molecule has 1 atom stereocenters. The summed E-state index contributed by atoms with van der Waals surface area (Å²) in [6.45, 7) is 3.70. The Morgan fingerprint density at radius 3 is 2.47 bits per heavy atom. The molecule has 6 heteroatoms. The number of halogens is 2. The van der Waals surface area contributed by atoms with E-state index in [1.165, 1.54) is 0 Å². The molecule has 30 heavy (non-hydrogen) atoms. The number of aliphatic hydroxyl groups is 1. The highest BCUT2D eigenvalue weighted by Crippen LogP contribution is 2.33. The molecular weight excluding hydrogens is 421 g/mol. The zero-order valence-corrected chi connectivity index (χ0v) is 18.3. The average Bonchev–Trinajstić information content (AvgIpc) is 2.75. The molecule has 0 saturated carbocycles.